The van der Waals surface area contributed by atoms with Gasteiger partial charge in [0, 0.05) is 13.0 Å². The predicted octanol–water partition coefficient (Wildman–Crippen LogP) is 1.86. The van der Waals surface area contributed by atoms with E-state index < -0.39 is 0 Å². The fraction of sp³-hybridized carbons (Fsp3) is 0.467. The van der Waals surface area contributed by atoms with E-state index in [0.717, 1.165) is 5.56 Å². The molecule has 1 fully saturated rings. The fourth-order valence-corrected chi connectivity index (χ4v) is 2.20. The molecule has 1 aromatic carbocycles. The monoisotopic (exact) mass is 276 g/mol. The van der Waals surface area contributed by atoms with E-state index in [1.165, 1.54) is 0 Å². The topological polar surface area (TPSA) is 67.4 Å². The first-order chi connectivity index (χ1) is 9.60. The molecule has 2 N–H and O–H groups in total. The van der Waals surface area contributed by atoms with Crippen molar-refractivity contribution in [3.8, 4) is 5.75 Å². The number of nitrogens with one attached hydrogen (secondary N) is 2. The Balaban J connectivity index is 2.05. The van der Waals surface area contributed by atoms with Crippen LogP contribution in [0.2, 0.25) is 0 Å². The zero-order chi connectivity index (χ0) is 14.5. The van der Waals surface area contributed by atoms with Crippen molar-refractivity contribution in [1.82, 2.24) is 5.32 Å². The molecular formula is C15H20N2O3. The van der Waals surface area contributed by atoms with Gasteiger partial charge in [0.15, 0.2) is 0 Å². The summed E-state index contributed by atoms with van der Waals surface area (Å²) in [6.07, 6.45) is 0.998. The molecule has 0 bridgehead atoms. The number of carbonyl (C=O) groups excluding carboxylic acids is 2. The third-order valence-electron chi connectivity index (χ3n) is 3.33. The van der Waals surface area contributed by atoms with Crippen molar-refractivity contribution >= 4 is 17.5 Å². The Morgan fingerprint density at radius 3 is 2.95 bits per heavy atom. The van der Waals surface area contributed by atoms with Crippen LogP contribution in [-0.2, 0) is 9.59 Å². The van der Waals surface area contributed by atoms with Gasteiger partial charge in [-0.2, -0.15) is 0 Å². The lowest BCUT2D eigenvalue weighted by atomic mass is 9.98. The van der Waals surface area contributed by atoms with Gasteiger partial charge in [-0.1, -0.05) is 6.07 Å². The van der Waals surface area contributed by atoms with Crippen LogP contribution in [0.25, 0.3) is 0 Å². The molecule has 1 atom stereocenters. The van der Waals surface area contributed by atoms with E-state index in [4.69, 9.17) is 4.74 Å². The molecule has 1 aromatic rings. The standard InChI is InChI=1S/C15H20N2O3/c1-3-20-13-8-10(2)4-6-12(13)17-15(19)11-5-7-14(18)16-9-11/h4,6,8,11H,3,5,7,9H2,1-2H3,(H,16,18)(H,17,19). The molecular weight excluding hydrogens is 256 g/mol. The molecule has 0 spiro atoms. The smallest absolute Gasteiger partial charge is 0.229 e. The van der Waals surface area contributed by atoms with Crippen molar-refractivity contribution in [3.63, 3.8) is 0 Å². The lowest BCUT2D eigenvalue weighted by Crippen LogP contribution is -2.40. The first-order valence-electron chi connectivity index (χ1n) is 6.91. The number of ether oxygens (including phenoxy) is 1. The molecule has 1 aliphatic heterocycles. The Labute approximate surface area is 118 Å². The number of piperidine rings is 1. The van der Waals surface area contributed by atoms with E-state index in [2.05, 4.69) is 10.6 Å². The summed E-state index contributed by atoms with van der Waals surface area (Å²) < 4.78 is 5.54. The maximum atomic E-state index is 12.2. The minimum Gasteiger partial charge on any atom is -0.492 e. The molecule has 2 rings (SSSR count). The van der Waals surface area contributed by atoms with Gasteiger partial charge in [0.2, 0.25) is 11.8 Å². The maximum Gasteiger partial charge on any atom is 0.229 e. The molecule has 5 heteroatoms. The number of carbonyl (C=O) groups is 2. The molecule has 108 valence electrons. The summed E-state index contributed by atoms with van der Waals surface area (Å²) >= 11 is 0. The summed E-state index contributed by atoms with van der Waals surface area (Å²) in [7, 11) is 0. The van der Waals surface area contributed by atoms with Crippen LogP contribution in [0.15, 0.2) is 18.2 Å². The van der Waals surface area contributed by atoms with Crippen LogP contribution < -0.4 is 15.4 Å². The van der Waals surface area contributed by atoms with Gasteiger partial charge < -0.3 is 15.4 Å². The van der Waals surface area contributed by atoms with Gasteiger partial charge in [0.05, 0.1) is 18.2 Å². The molecule has 1 saturated heterocycles. The van der Waals surface area contributed by atoms with E-state index in [1.54, 1.807) is 0 Å². The summed E-state index contributed by atoms with van der Waals surface area (Å²) in [5.74, 6) is 0.443. The number of benzene rings is 1. The number of hydrogen-bond acceptors (Lipinski definition) is 3. The van der Waals surface area contributed by atoms with Gasteiger partial charge >= 0.3 is 0 Å². The second kappa shape index (κ2) is 6.41. The zero-order valence-electron chi connectivity index (χ0n) is 11.9. The third-order valence-corrected chi connectivity index (χ3v) is 3.33. The van der Waals surface area contributed by atoms with Gasteiger partial charge in [0.25, 0.3) is 0 Å². The highest BCUT2D eigenvalue weighted by Gasteiger charge is 2.25. The van der Waals surface area contributed by atoms with Crippen molar-refractivity contribution in [1.29, 1.82) is 0 Å². The number of aryl methyl sites for hydroxylation is 1. The third kappa shape index (κ3) is 3.50. The first kappa shape index (κ1) is 14.4. The lowest BCUT2D eigenvalue weighted by molar-refractivity contribution is -0.126. The lowest BCUT2D eigenvalue weighted by Gasteiger charge is -2.22. The first-order valence-corrected chi connectivity index (χ1v) is 6.91. The number of hydrogen-bond donors (Lipinski definition) is 2. The van der Waals surface area contributed by atoms with Crippen LogP contribution in [0.4, 0.5) is 5.69 Å². The van der Waals surface area contributed by atoms with Gasteiger partial charge in [0.1, 0.15) is 5.75 Å². The van der Waals surface area contributed by atoms with Gasteiger partial charge in [-0.15, -0.1) is 0 Å². The molecule has 5 nitrogen and oxygen atoms in total. The Kier molecular flexibility index (Phi) is 4.61. The van der Waals surface area contributed by atoms with E-state index >= 15 is 0 Å². The Bertz CT molecular complexity index is 504. The Morgan fingerprint density at radius 1 is 1.50 bits per heavy atom. The van der Waals surface area contributed by atoms with E-state index in [9.17, 15) is 9.59 Å². The number of rotatable bonds is 4. The highest BCUT2D eigenvalue weighted by Crippen LogP contribution is 2.26. The van der Waals surface area contributed by atoms with Gasteiger partial charge in [-0.05, 0) is 38.0 Å². The molecule has 2 amide bonds. The Morgan fingerprint density at radius 2 is 2.30 bits per heavy atom. The SMILES string of the molecule is CCOc1cc(C)ccc1NC(=O)C1CCC(=O)NC1. The second-order valence-electron chi connectivity index (χ2n) is 4.96. The minimum absolute atomic E-state index is 0.0133. The fourth-order valence-electron chi connectivity index (χ4n) is 2.20. The summed E-state index contributed by atoms with van der Waals surface area (Å²) in [4.78, 5) is 23.3. The van der Waals surface area contributed by atoms with Crippen LogP contribution in [0.3, 0.4) is 0 Å². The Hall–Kier alpha value is -2.04. The van der Waals surface area contributed by atoms with Crippen LogP contribution in [0.1, 0.15) is 25.3 Å². The molecule has 1 unspecified atom stereocenters. The average molecular weight is 276 g/mol. The average Bonchev–Trinajstić information content (AvgIpc) is 2.43. The van der Waals surface area contributed by atoms with Crippen molar-refractivity contribution < 1.29 is 14.3 Å². The maximum absolute atomic E-state index is 12.2. The summed E-state index contributed by atoms with van der Waals surface area (Å²) in [6.45, 7) is 4.84. The van der Waals surface area contributed by atoms with E-state index in [1.807, 2.05) is 32.0 Å². The number of amides is 2. The zero-order valence-corrected chi connectivity index (χ0v) is 11.9. The second-order valence-corrected chi connectivity index (χ2v) is 4.96. The molecule has 1 aliphatic rings. The van der Waals surface area contributed by atoms with Crippen molar-refractivity contribution in [2.45, 2.75) is 26.7 Å². The molecule has 0 saturated carbocycles. The largest absolute Gasteiger partial charge is 0.492 e. The molecule has 0 aromatic heterocycles. The normalized spacial score (nSPS) is 18.3. The molecule has 0 radical (unpaired) electrons. The summed E-state index contributed by atoms with van der Waals surface area (Å²) in [6, 6.07) is 5.68. The minimum atomic E-state index is -0.177. The van der Waals surface area contributed by atoms with Crippen LogP contribution in [-0.4, -0.2) is 25.0 Å². The van der Waals surface area contributed by atoms with Crippen molar-refractivity contribution in [2.24, 2.45) is 5.92 Å². The summed E-state index contributed by atoms with van der Waals surface area (Å²) in [5.41, 5.74) is 1.76. The van der Waals surface area contributed by atoms with E-state index in [0.29, 0.717) is 37.4 Å². The predicted molar refractivity (Wildman–Crippen MR) is 76.7 cm³/mol. The molecule has 0 aliphatic carbocycles. The van der Waals surface area contributed by atoms with Gasteiger partial charge in [-0.25, -0.2) is 0 Å². The van der Waals surface area contributed by atoms with E-state index in [-0.39, 0.29) is 17.7 Å². The van der Waals surface area contributed by atoms with Crippen LogP contribution in [0, 0.1) is 12.8 Å². The molecule has 20 heavy (non-hydrogen) atoms. The quantitative estimate of drug-likeness (QED) is 0.882. The van der Waals surface area contributed by atoms with Gasteiger partial charge in [-0.3, -0.25) is 9.59 Å². The number of anilines is 1. The van der Waals surface area contributed by atoms with Crippen molar-refractivity contribution in [3.05, 3.63) is 23.8 Å². The van der Waals surface area contributed by atoms with Crippen LogP contribution in [0.5, 0.6) is 5.75 Å². The molecule has 1 heterocycles. The highest BCUT2D eigenvalue weighted by atomic mass is 16.5. The van der Waals surface area contributed by atoms with Crippen molar-refractivity contribution in [2.75, 3.05) is 18.5 Å². The summed E-state index contributed by atoms with van der Waals surface area (Å²) in [5, 5.41) is 5.61. The van der Waals surface area contributed by atoms with Crippen LogP contribution >= 0.6 is 0 Å². The highest BCUT2D eigenvalue weighted by molar-refractivity contribution is 5.95.